The maximum atomic E-state index is 5.06. The SMILES string of the molecule is COCCOCCOC.ClC=C(Cl)Cl. The molecule has 0 rings (SSSR count). The summed E-state index contributed by atoms with van der Waals surface area (Å²) in [6, 6.07) is 0. The molecular weight excluding hydrogens is 250 g/mol. The van der Waals surface area contributed by atoms with Gasteiger partial charge in [-0.25, -0.2) is 0 Å². The molecule has 0 aromatic rings. The fourth-order valence-corrected chi connectivity index (χ4v) is 0.387. The molecule has 86 valence electrons. The van der Waals surface area contributed by atoms with Gasteiger partial charge >= 0.3 is 0 Å². The second-order valence-electron chi connectivity index (χ2n) is 2.00. The van der Waals surface area contributed by atoms with Gasteiger partial charge in [0.15, 0.2) is 0 Å². The van der Waals surface area contributed by atoms with Gasteiger partial charge < -0.3 is 14.2 Å². The number of hydrogen-bond donors (Lipinski definition) is 0. The van der Waals surface area contributed by atoms with Crippen LogP contribution in [0.3, 0.4) is 0 Å². The van der Waals surface area contributed by atoms with Gasteiger partial charge in [-0.1, -0.05) is 34.8 Å². The quantitative estimate of drug-likeness (QED) is 0.691. The van der Waals surface area contributed by atoms with Crippen molar-refractivity contribution in [3.8, 4) is 0 Å². The highest BCUT2D eigenvalue weighted by molar-refractivity contribution is 6.58. The summed E-state index contributed by atoms with van der Waals surface area (Å²) >= 11 is 14.8. The Morgan fingerprint density at radius 1 is 1.00 bits per heavy atom. The molecule has 0 fully saturated rings. The number of rotatable bonds is 6. The minimum atomic E-state index is 0.0895. The number of ether oxygens (including phenoxy) is 3. The van der Waals surface area contributed by atoms with Crippen molar-refractivity contribution in [1.29, 1.82) is 0 Å². The van der Waals surface area contributed by atoms with Crippen LogP contribution in [0.4, 0.5) is 0 Å². The van der Waals surface area contributed by atoms with Gasteiger partial charge in [-0.05, 0) is 0 Å². The van der Waals surface area contributed by atoms with E-state index in [1.165, 1.54) is 0 Å². The fraction of sp³-hybridized carbons (Fsp3) is 0.750. The zero-order chi connectivity index (χ0) is 11.2. The van der Waals surface area contributed by atoms with Gasteiger partial charge in [0.05, 0.1) is 26.4 Å². The standard InChI is InChI=1S/C6H14O3.C2HCl3/c1-7-3-5-9-6-4-8-2;3-1-2(4)5/h3-6H2,1-2H3;1H. The molecule has 0 saturated carbocycles. The van der Waals surface area contributed by atoms with Crippen LogP contribution in [0.5, 0.6) is 0 Å². The fourth-order valence-electron chi connectivity index (χ4n) is 0.387. The smallest absolute Gasteiger partial charge is 0.118 e. The molecule has 0 aromatic carbocycles. The average molecular weight is 266 g/mol. The van der Waals surface area contributed by atoms with Gasteiger partial charge in [-0.2, -0.15) is 0 Å². The Bertz CT molecular complexity index is 121. The third kappa shape index (κ3) is 22.9. The molecule has 0 heterocycles. The first-order chi connectivity index (χ1) is 6.68. The molecule has 0 radical (unpaired) electrons. The molecule has 0 aliphatic carbocycles. The predicted molar refractivity (Wildman–Crippen MR) is 60.2 cm³/mol. The predicted octanol–water partition coefficient (Wildman–Crippen LogP) is 2.80. The maximum Gasteiger partial charge on any atom is 0.118 e. The summed E-state index contributed by atoms with van der Waals surface area (Å²) < 4.78 is 14.7. The molecule has 0 spiro atoms. The third-order valence-electron chi connectivity index (χ3n) is 0.946. The van der Waals surface area contributed by atoms with Gasteiger partial charge in [0.1, 0.15) is 4.49 Å². The van der Waals surface area contributed by atoms with Gasteiger partial charge in [0.2, 0.25) is 0 Å². The van der Waals surface area contributed by atoms with Crippen LogP contribution >= 0.6 is 34.8 Å². The highest BCUT2D eigenvalue weighted by atomic mass is 35.5. The molecule has 0 bridgehead atoms. The molecule has 6 heteroatoms. The maximum absolute atomic E-state index is 5.06. The summed E-state index contributed by atoms with van der Waals surface area (Å²) in [7, 11) is 3.30. The molecule has 0 aliphatic heterocycles. The number of halogens is 3. The van der Waals surface area contributed by atoms with E-state index in [4.69, 9.17) is 49.0 Å². The summed E-state index contributed by atoms with van der Waals surface area (Å²) in [6.45, 7) is 2.62. The molecule has 0 aromatic heterocycles. The van der Waals surface area contributed by atoms with Crippen molar-refractivity contribution in [3.05, 3.63) is 10.0 Å². The Morgan fingerprint density at radius 2 is 1.36 bits per heavy atom. The topological polar surface area (TPSA) is 27.7 Å². The van der Waals surface area contributed by atoms with E-state index in [9.17, 15) is 0 Å². The molecule has 0 atom stereocenters. The van der Waals surface area contributed by atoms with Gasteiger partial charge in [-0.3, -0.25) is 0 Å². The lowest BCUT2D eigenvalue weighted by molar-refractivity contribution is 0.0385. The Morgan fingerprint density at radius 3 is 1.57 bits per heavy atom. The molecule has 14 heavy (non-hydrogen) atoms. The highest BCUT2D eigenvalue weighted by Gasteiger charge is 1.84. The van der Waals surface area contributed by atoms with Gasteiger partial charge in [0, 0.05) is 19.8 Å². The van der Waals surface area contributed by atoms with Crippen LogP contribution in [-0.2, 0) is 14.2 Å². The second-order valence-corrected chi connectivity index (χ2v) is 3.22. The molecule has 3 nitrogen and oxygen atoms in total. The monoisotopic (exact) mass is 264 g/mol. The second kappa shape index (κ2) is 15.9. The molecule has 0 saturated heterocycles. The average Bonchev–Trinajstić information content (AvgIpc) is 2.19. The highest BCUT2D eigenvalue weighted by Crippen LogP contribution is 2.05. The molecule has 0 aliphatic rings. The van der Waals surface area contributed by atoms with Crippen molar-refractivity contribution >= 4 is 34.8 Å². The Hall–Kier alpha value is 0.490. The van der Waals surface area contributed by atoms with E-state index in [1.54, 1.807) is 14.2 Å². The first-order valence-corrected chi connectivity index (χ1v) is 5.05. The van der Waals surface area contributed by atoms with Crippen LogP contribution in [0.15, 0.2) is 10.0 Å². The molecule has 0 unspecified atom stereocenters. The van der Waals surface area contributed by atoms with E-state index in [0.717, 1.165) is 5.54 Å². The van der Waals surface area contributed by atoms with E-state index in [2.05, 4.69) is 0 Å². The molecule has 0 N–H and O–H groups in total. The van der Waals surface area contributed by atoms with Crippen LogP contribution in [0.25, 0.3) is 0 Å². The largest absolute Gasteiger partial charge is 0.382 e. The first kappa shape index (κ1) is 16.9. The Kier molecular flexibility index (Phi) is 19.2. The Balaban J connectivity index is 0. The van der Waals surface area contributed by atoms with Crippen molar-refractivity contribution in [2.24, 2.45) is 0 Å². The normalized spacial score (nSPS) is 8.93. The summed E-state index contributed by atoms with van der Waals surface area (Å²) in [5, 5.41) is 0. The van der Waals surface area contributed by atoms with Crippen molar-refractivity contribution < 1.29 is 14.2 Å². The summed E-state index contributed by atoms with van der Waals surface area (Å²) in [5.74, 6) is 0. The van der Waals surface area contributed by atoms with Crippen molar-refractivity contribution in [3.63, 3.8) is 0 Å². The molecular formula is C8H15Cl3O3. The van der Waals surface area contributed by atoms with E-state index < -0.39 is 0 Å². The zero-order valence-corrected chi connectivity index (χ0v) is 10.5. The summed E-state index contributed by atoms with van der Waals surface area (Å²) in [6.07, 6.45) is 0. The van der Waals surface area contributed by atoms with E-state index in [-0.39, 0.29) is 4.49 Å². The van der Waals surface area contributed by atoms with Crippen LogP contribution < -0.4 is 0 Å². The van der Waals surface area contributed by atoms with Gasteiger partial charge in [0.25, 0.3) is 0 Å². The summed E-state index contributed by atoms with van der Waals surface area (Å²) in [5.41, 5.74) is 1.09. The number of hydrogen-bond acceptors (Lipinski definition) is 3. The first-order valence-electron chi connectivity index (χ1n) is 3.86. The van der Waals surface area contributed by atoms with Crippen LogP contribution in [0.2, 0.25) is 0 Å². The third-order valence-corrected chi connectivity index (χ3v) is 1.61. The van der Waals surface area contributed by atoms with E-state index >= 15 is 0 Å². The lowest BCUT2D eigenvalue weighted by Gasteiger charge is -2.00. The lowest BCUT2D eigenvalue weighted by Crippen LogP contribution is -2.06. The Labute approximate surface area is 99.9 Å². The van der Waals surface area contributed by atoms with Crippen molar-refractivity contribution in [2.45, 2.75) is 0 Å². The zero-order valence-electron chi connectivity index (χ0n) is 8.26. The van der Waals surface area contributed by atoms with E-state index in [0.29, 0.717) is 26.4 Å². The number of methoxy groups -OCH3 is 2. The molecule has 0 amide bonds. The van der Waals surface area contributed by atoms with Crippen LogP contribution in [-0.4, -0.2) is 40.6 Å². The van der Waals surface area contributed by atoms with Crippen LogP contribution in [0, 0.1) is 0 Å². The van der Waals surface area contributed by atoms with Gasteiger partial charge in [-0.15, -0.1) is 0 Å². The van der Waals surface area contributed by atoms with Crippen molar-refractivity contribution in [2.75, 3.05) is 40.6 Å². The van der Waals surface area contributed by atoms with Crippen LogP contribution in [0.1, 0.15) is 0 Å². The lowest BCUT2D eigenvalue weighted by atomic mass is 10.7. The summed E-state index contributed by atoms with van der Waals surface area (Å²) in [4.78, 5) is 0. The minimum Gasteiger partial charge on any atom is -0.382 e. The van der Waals surface area contributed by atoms with E-state index in [1.807, 2.05) is 0 Å². The minimum absolute atomic E-state index is 0.0895. The van der Waals surface area contributed by atoms with Crippen molar-refractivity contribution in [1.82, 2.24) is 0 Å².